The van der Waals surface area contributed by atoms with E-state index in [-0.39, 0.29) is 12.1 Å². The minimum absolute atomic E-state index is 0.109. The van der Waals surface area contributed by atoms with Crippen molar-refractivity contribution in [2.75, 3.05) is 0 Å². The molecule has 0 amide bonds. The molecule has 0 bridgehead atoms. The first-order valence-electron chi connectivity index (χ1n) is 14.5. The van der Waals surface area contributed by atoms with Crippen LogP contribution in [0.3, 0.4) is 0 Å². The minimum atomic E-state index is -0.109. The van der Waals surface area contributed by atoms with E-state index in [1.807, 2.05) is 5.57 Å². The lowest BCUT2D eigenvalue weighted by molar-refractivity contribution is -0.158. The predicted octanol–water partition coefficient (Wildman–Crippen LogP) is 8.76. The summed E-state index contributed by atoms with van der Waals surface area (Å²) in [6.07, 6.45) is 16.8. The molecule has 9 atom stereocenters. The Labute approximate surface area is 210 Å². The number of rotatable bonds is 6. The molecule has 192 valence electrons. The van der Waals surface area contributed by atoms with Crippen LogP contribution in [0.4, 0.5) is 0 Å². The van der Waals surface area contributed by atoms with E-state index in [0.717, 1.165) is 30.1 Å². The summed E-state index contributed by atoms with van der Waals surface area (Å²) in [5, 5.41) is 0. The van der Waals surface area contributed by atoms with Gasteiger partial charge in [-0.3, -0.25) is 4.79 Å². The predicted molar refractivity (Wildman–Crippen MR) is 142 cm³/mol. The number of hydrogen-bond acceptors (Lipinski definition) is 2. The van der Waals surface area contributed by atoms with Gasteiger partial charge in [-0.2, -0.15) is 0 Å². The second kappa shape index (κ2) is 9.78. The maximum atomic E-state index is 11.7. The van der Waals surface area contributed by atoms with E-state index in [0.29, 0.717) is 28.6 Å². The van der Waals surface area contributed by atoms with Crippen molar-refractivity contribution in [2.45, 2.75) is 119 Å². The Morgan fingerprint density at radius 1 is 1.09 bits per heavy atom. The number of fused-ring (bicyclic) bond motifs is 5. The second-order valence-electron chi connectivity index (χ2n) is 13.5. The Hall–Kier alpha value is -1.05. The van der Waals surface area contributed by atoms with Crippen LogP contribution in [0.5, 0.6) is 0 Å². The summed E-state index contributed by atoms with van der Waals surface area (Å²) < 4.78 is 5.76. The molecule has 0 aromatic rings. The van der Waals surface area contributed by atoms with Crippen molar-refractivity contribution in [1.82, 2.24) is 0 Å². The number of esters is 1. The molecule has 3 saturated carbocycles. The standard InChI is InChI=1S/C32H52O2/c1-9-24(20(2)3)11-10-21(4)26-14-15-28-25-12-13-27-22(5)30(34-23(6)33)17-19-32(27,8)29(25)16-18-31(26,28)7/h9,12,20-22,26-30H,10-11,13-19H2,1-8H3/b24-9-/t21-,22+,26-,27-,28+,29+,30+,31-,32+/m1/s1. The molecule has 0 aromatic heterocycles. The smallest absolute Gasteiger partial charge is 0.302 e. The largest absolute Gasteiger partial charge is 0.462 e. The topological polar surface area (TPSA) is 26.3 Å². The highest BCUT2D eigenvalue weighted by atomic mass is 16.5. The first kappa shape index (κ1) is 26.0. The molecule has 3 fully saturated rings. The van der Waals surface area contributed by atoms with Gasteiger partial charge < -0.3 is 4.74 Å². The van der Waals surface area contributed by atoms with E-state index >= 15 is 0 Å². The Bertz CT molecular complexity index is 821. The molecule has 0 spiro atoms. The third kappa shape index (κ3) is 4.34. The summed E-state index contributed by atoms with van der Waals surface area (Å²) >= 11 is 0. The molecule has 4 rings (SSSR count). The van der Waals surface area contributed by atoms with Crippen molar-refractivity contribution in [3.05, 3.63) is 23.3 Å². The zero-order valence-corrected chi connectivity index (χ0v) is 23.5. The maximum Gasteiger partial charge on any atom is 0.302 e. The van der Waals surface area contributed by atoms with Crippen LogP contribution >= 0.6 is 0 Å². The third-order valence-electron chi connectivity index (χ3n) is 11.6. The lowest BCUT2D eigenvalue weighted by atomic mass is 9.46. The van der Waals surface area contributed by atoms with Gasteiger partial charge in [0.05, 0.1) is 0 Å². The number of carbonyl (C=O) groups excluding carboxylic acids is 1. The summed E-state index contributed by atoms with van der Waals surface area (Å²) in [4.78, 5) is 11.7. The summed E-state index contributed by atoms with van der Waals surface area (Å²) in [5.74, 6) is 4.91. The van der Waals surface area contributed by atoms with Crippen LogP contribution in [0.1, 0.15) is 113 Å². The molecule has 2 heteroatoms. The lowest BCUT2D eigenvalue weighted by Crippen LogP contribution is -2.53. The van der Waals surface area contributed by atoms with Crippen LogP contribution in [-0.2, 0) is 9.53 Å². The van der Waals surface area contributed by atoms with Crippen molar-refractivity contribution in [3.8, 4) is 0 Å². The van der Waals surface area contributed by atoms with Crippen LogP contribution in [0.25, 0.3) is 0 Å². The molecular weight excluding hydrogens is 416 g/mol. The Kier molecular flexibility index (Phi) is 7.48. The summed E-state index contributed by atoms with van der Waals surface area (Å²) in [5.41, 5.74) is 4.35. The average Bonchev–Trinajstić information content (AvgIpc) is 3.13. The van der Waals surface area contributed by atoms with E-state index in [1.54, 1.807) is 12.5 Å². The zero-order valence-electron chi connectivity index (χ0n) is 23.5. The van der Waals surface area contributed by atoms with Gasteiger partial charge >= 0.3 is 5.97 Å². The van der Waals surface area contributed by atoms with Crippen molar-refractivity contribution >= 4 is 5.97 Å². The fraction of sp³-hybridized carbons (Fsp3) is 0.844. The van der Waals surface area contributed by atoms with Gasteiger partial charge in [-0.15, -0.1) is 0 Å². The van der Waals surface area contributed by atoms with Gasteiger partial charge in [0.1, 0.15) is 6.10 Å². The first-order valence-corrected chi connectivity index (χ1v) is 14.5. The fourth-order valence-electron chi connectivity index (χ4n) is 9.65. The molecule has 0 N–H and O–H groups in total. The fourth-order valence-corrected chi connectivity index (χ4v) is 9.65. The van der Waals surface area contributed by atoms with E-state index in [4.69, 9.17) is 4.74 Å². The number of hydrogen-bond donors (Lipinski definition) is 0. The van der Waals surface area contributed by atoms with Gasteiger partial charge in [-0.05, 0) is 117 Å². The molecular formula is C32H52O2. The van der Waals surface area contributed by atoms with Crippen LogP contribution in [0, 0.1) is 52.3 Å². The number of ether oxygens (including phenoxy) is 1. The molecule has 0 heterocycles. The van der Waals surface area contributed by atoms with Gasteiger partial charge in [0.2, 0.25) is 0 Å². The molecule has 2 nitrogen and oxygen atoms in total. The zero-order chi connectivity index (χ0) is 24.8. The summed E-state index contributed by atoms with van der Waals surface area (Å²) in [6.45, 7) is 18.7. The van der Waals surface area contributed by atoms with Gasteiger partial charge in [0.15, 0.2) is 0 Å². The van der Waals surface area contributed by atoms with E-state index < -0.39 is 0 Å². The highest BCUT2D eigenvalue weighted by molar-refractivity contribution is 5.66. The van der Waals surface area contributed by atoms with Crippen LogP contribution in [0.2, 0.25) is 0 Å². The van der Waals surface area contributed by atoms with Gasteiger partial charge in [-0.25, -0.2) is 0 Å². The minimum Gasteiger partial charge on any atom is -0.462 e. The molecule has 0 unspecified atom stereocenters. The molecule has 4 aliphatic carbocycles. The van der Waals surface area contributed by atoms with Gasteiger partial charge in [-0.1, -0.05) is 64.8 Å². The van der Waals surface area contributed by atoms with E-state index in [1.165, 1.54) is 51.4 Å². The Balaban J connectivity index is 1.50. The molecule has 0 radical (unpaired) electrons. The van der Waals surface area contributed by atoms with Crippen LogP contribution in [-0.4, -0.2) is 12.1 Å². The monoisotopic (exact) mass is 468 g/mol. The molecule has 34 heavy (non-hydrogen) atoms. The maximum absolute atomic E-state index is 11.7. The Morgan fingerprint density at radius 3 is 2.41 bits per heavy atom. The van der Waals surface area contributed by atoms with E-state index in [9.17, 15) is 4.79 Å². The molecule has 0 saturated heterocycles. The van der Waals surface area contributed by atoms with Crippen molar-refractivity contribution < 1.29 is 9.53 Å². The SMILES string of the molecule is C/C=C(/CC[C@@H](C)[C@H]1CC[C@H]2C3=CC[C@@H]4[C@H](C)[C@@H](OC(C)=O)CC[C@]4(C)[C@H]3CC[C@]12C)C(C)C. The van der Waals surface area contributed by atoms with Gasteiger partial charge in [0.25, 0.3) is 0 Å². The number of carbonyl (C=O) groups is 1. The summed E-state index contributed by atoms with van der Waals surface area (Å²) in [6, 6.07) is 0. The summed E-state index contributed by atoms with van der Waals surface area (Å²) in [7, 11) is 0. The number of allylic oxidation sites excluding steroid dienone is 4. The first-order chi connectivity index (χ1) is 16.0. The highest BCUT2D eigenvalue weighted by Crippen LogP contribution is 2.67. The molecule has 0 aliphatic heterocycles. The van der Waals surface area contributed by atoms with E-state index in [2.05, 4.69) is 60.6 Å². The van der Waals surface area contributed by atoms with Gasteiger partial charge in [0, 0.05) is 6.92 Å². The van der Waals surface area contributed by atoms with Crippen LogP contribution < -0.4 is 0 Å². The van der Waals surface area contributed by atoms with Crippen molar-refractivity contribution in [1.29, 1.82) is 0 Å². The lowest BCUT2D eigenvalue weighted by Gasteiger charge is -2.59. The van der Waals surface area contributed by atoms with Crippen molar-refractivity contribution in [3.63, 3.8) is 0 Å². The second-order valence-corrected chi connectivity index (χ2v) is 13.5. The highest BCUT2D eigenvalue weighted by Gasteiger charge is 2.59. The molecule has 0 aromatic carbocycles. The normalized spacial score (nSPS) is 43.0. The quantitative estimate of drug-likeness (QED) is 0.288. The average molecular weight is 469 g/mol. The molecule has 4 aliphatic rings. The third-order valence-corrected chi connectivity index (χ3v) is 11.6. The Morgan fingerprint density at radius 2 is 1.76 bits per heavy atom. The van der Waals surface area contributed by atoms with Crippen LogP contribution in [0.15, 0.2) is 23.3 Å². The van der Waals surface area contributed by atoms with Crippen molar-refractivity contribution in [2.24, 2.45) is 52.3 Å².